The maximum atomic E-state index is 6.15. The summed E-state index contributed by atoms with van der Waals surface area (Å²) in [5.41, 5.74) is 8.19. The SMILES string of the molecule is Cc1ccc(CN2CC(CN)CC2C)cc1Cl.Cl. The molecule has 2 unspecified atom stereocenters. The van der Waals surface area contributed by atoms with Crippen LogP contribution < -0.4 is 5.73 Å². The third kappa shape index (κ3) is 3.61. The van der Waals surface area contributed by atoms with E-state index in [-0.39, 0.29) is 12.4 Å². The van der Waals surface area contributed by atoms with Gasteiger partial charge in [0.05, 0.1) is 0 Å². The molecule has 0 aromatic heterocycles. The van der Waals surface area contributed by atoms with Crippen molar-refractivity contribution < 1.29 is 0 Å². The fourth-order valence-corrected chi connectivity index (χ4v) is 2.78. The molecule has 18 heavy (non-hydrogen) atoms. The zero-order valence-electron chi connectivity index (χ0n) is 11.0. The van der Waals surface area contributed by atoms with E-state index in [9.17, 15) is 0 Å². The summed E-state index contributed by atoms with van der Waals surface area (Å²) in [5.74, 6) is 0.658. The number of halogens is 2. The highest BCUT2D eigenvalue weighted by Crippen LogP contribution is 2.25. The van der Waals surface area contributed by atoms with E-state index in [4.69, 9.17) is 17.3 Å². The van der Waals surface area contributed by atoms with Gasteiger partial charge in [0.15, 0.2) is 0 Å². The van der Waals surface area contributed by atoms with Crippen LogP contribution in [0.3, 0.4) is 0 Å². The van der Waals surface area contributed by atoms with Crippen LogP contribution in [0.2, 0.25) is 5.02 Å². The summed E-state index contributed by atoms with van der Waals surface area (Å²) < 4.78 is 0. The van der Waals surface area contributed by atoms with Gasteiger partial charge in [0.2, 0.25) is 0 Å². The van der Waals surface area contributed by atoms with E-state index >= 15 is 0 Å². The van der Waals surface area contributed by atoms with Gasteiger partial charge in [-0.2, -0.15) is 0 Å². The molecule has 0 amide bonds. The van der Waals surface area contributed by atoms with Gasteiger partial charge in [-0.25, -0.2) is 0 Å². The number of rotatable bonds is 3. The molecule has 1 fully saturated rings. The van der Waals surface area contributed by atoms with Gasteiger partial charge in [-0.05, 0) is 49.9 Å². The highest BCUT2D eigenvalue weighted by atomic mass is 35.5. The lowest BCUT2D eigenvalue weighted by molar-refractivity contribution is 0.256. The Hall–Kier alpha value is -0.280. The van der Waals surface area contributed by atoms with Crippen LogP contribution in [0, 0.1) is 12.8 Å². The number of hydrogen-bond donors (Lipinski definition) is 1. The van der Waals surface area contributed by atoms with Crippen molar-refractivity contribution >= 4 is 24.0 Å². The molecule has 2 rings (SSSR count). The molecule has 0 bridgehead atoms. The van der Waals surface area contributed by atoms with E-state index in [0.29, 0.717) is 12.0 Å². The smallest absolute Gasteiger partial charge is 0.0438 e. The standard InChI is InChI=1S/C14H21ClN2.ClH/c1-10-3-4-12(6-14(10)15)8-17-9-13(7-16)5-11(17)2;/h3-4,6,11,13H,5,7-9,16H2,1-2H3;1H. The Kier molecular flexibility index (Phi) is 5.93. The minimum absolute atomic E-state index is 0. The lowest BCUT2D eigenvalue weighted by Gasteiger charge is -2.21. The molecule has 0 saturated carbocycles. The van der Waals surface area contributed by atoms with Crippen LogP contribution in [0.15, 0.2) is 18.2 Å². The van der Waals surface area contributed by atoms with Gasteiger partial charge in [-0.15, -0.1) is 12.4 Å². The van der Waals surface area contributed by atoms with E-state index in [1.54, 1.807) is 0 Å². The normalized spacial score (nSPS) is 24.0. The molecule has 0 spiro atoms. The van der Waals surface area contributed by atoms with Gasteiger partial charge in [-0.3, -0.25) is 4.90 Å². The molecule has 1 aromatic rings. The molecule has 102 valence electrons. The summed E-state index contributed by atoms with van der Waals surface area (Å²) >= 11 is 6.15. The number of benzene rings is 1. The number of hydrogen-bond acceptors (Lipinski definition) is 2. The van der Waals surface area contributed by atoms with Crippen molar-refractivity contribution in [1.82, 2.24) is 4.90 Å². The monoisotopic (exact) mass is 288 g/mol. The Morgan fingerprint density at radius 2 is 2.17 bits per heavy atom. The van der Waals surface area contributed by atoms with Crippen molar-refractivity contribution in [2.45, 2.75) is 32.9 Å². The van der Waals surface area contributed by atoms with Crippen molar-refractivity contribution in [2.24, 2.45) is 11.7 Å². The molecule has 1 saturated heterocycles. The van der Waals surface area contributed by atoms with Crippen molar-refractivity contribution in [1.29, 1.82) is 0 Å². The summed E-state index contributed by atoms with van der Waals surface area (Å²) in [4.78, 5) is 2.50. The summed E-state index contributed by atoms with van der Waals surface area (Å²) in [6.45, 7) is 7.22. The molecule has 2 atom stereocenters. The average molecular weight is 289 g/mol. The first-order chi connectivity index (χ1) is 8.10. The summed E-state index contributed by atoms with van der Waals surface area (Å²) in [6.07, 6.45) is 1.22. The van der Waals surface area contributed by atoms with Crippen LogP contribution in [0.4, 0.5) is 0 Å². The third-order valence-corrected chi connectivity index (χ3v) is 4.15. The molecule has 1 aliphatic heterocycles. The Bertz CT molecular complexity index is 395. The fourth-order valence-electron chi connectivity index (χ4n) is 2.58. The van der Waals surface area contributed by atoms with Gasteiger partial charge in [-0.1, -0.05) is 23.7 Å². The van der Waals surface area contributed by atoms with Gasteiger partial charge < -0.3 is 5.73 Å². The third-order valence-electron chi connectivity index (χ3n) is 3.75. The maximum Gasteiger partial charge on any atom is 0.0438 e. The van der Waals surface area contributed by atoms with Crippen LogP contribution in [0.25, 0.3) is 0 Å². The summed E-state index contributed by atoms with van der Waals surface area (Å²) in [6, 6.07) is 6.98. The molecule has 0 aliphatic carbocycles. The minimum atomic E-state index is 0. The number of likely N-dealkylation sites (tertiary alicyclic amines) is 1. The highest BCUT2D eigenvalue weighted by molar-refractivity contribution is 6.31. The van der Waals surface area contributed by atoms with Crippen LogP contribution >= 0.6 is 24.0 Å². The van der Waals surface area contributed by atoms with Crippen LogP contribution in [-0.2, 0) is 6.54 Å². The lowest BCUT2D eigenvalue weighted by atomic mass is 10.1. The van der Waals surface area contributed by atoms with Crippen LogP contribution in [-0.4, -0.2) is 24.0 Å². The number of aryl methyl sites for hydroxylation is 1. The number of nitrogens with two attached hydrogens (primary N) is 1. The molecule has 1 aromatic carbocycles. The van der Waals surface area contributed by atoms with E-state index in [0.717, 1.165) is 30.2 Å². The molecular formula is C14H22Cl2N2. The predicted molar refractivity (Wildman–Crippen MR) is 80.5 cm³/mol. The zero-order valence-corrected chi connectivity index (χ0v) is 12.6. The molecule has 2 nitrogen and oxygen atoms in total. The van der Waals surface area contributed by atoms with E-state index in [1.807, 2.05) is 6.92 Å². The fraction of sp³-hybridized carbons (Fsp3) is 0.571. The van der Waals surface area contributed by atoms with Gasteiger partial charge in [0, 0.05) is 24.2 Å². The van der Waals surface area contributed by atoms with E-state index in [1.165, 1.54) is 12.0 Å². The molecule has 0 radical (unpaired) electrons. The van der Waals surface area contributed by atoms with Crippen molar-refractivity contribution in [2.75, 3.05) is 13.1 Å². The molecule has 4 heteroatoms. The van der Waals surface area contributed by atoms with Gasteiger partial charge in [0.1, 0.15) is 0 Å². The number of nitrogens with zero attached hydrogens (tertiary/aromatic N) is 1. The minimum Gasteiger partial charge on any atom is -0.330 e. The summed E-state index contributed by atoms with van der Waals surface area (Å²) in [5, 5.41) is 0.865. The molecule has 1 heterocycles. The van der Waals surface area contributed by atoms with E-state index < -0.39 is 0 Å². The largest absolute Gasteiger partial charge is 0.330 e. The summed E-state index contributed by atoms with van der Waals surface area (Å²) in [7, 11) is 0. The van der Waals surface area contributed by atoms with Crippen LogP contribution in [0.5, 0.6) is 0 Å². The highest BCUT2D eigenvalue weighted by Gasteiger charge is 2.27. The first-order valence-electron chi connectivity index (χ1n) is 6.29. The quantitative estimate of drug-likeness (QED) is 0.925. The molecular weight excluding hydrogens is 267 g/mol. The van der Waals surface area contributed by atoms with Crippen molar-refractivity contribution in [3.05, 3.63) is 34.3 Å². The maximum absolute atomic E-state index is 6.15. The first-order valence-corrected chi connectivity index (χ1v) is 6.67. The van der Waals surface area contributed by atoms with Crippen LogP contribution in [0.1, 0.15) is 24.5 Å². The zero-order chi connectivity index (χ0) is 12.4. The lowest BCUT2D eigenvalue weighted by Crippen LogP contribution is -2.27. The second kappa shape index (κ2) is 6.76. The molecule has 2 N–H and O–H groups in total. The second-order valence-electron chi connectivity index (χ2n) is 5.20. The average Bonchev–Trinajstić information content (AvgIpc) is 2.65. The van der Waals surface area contributed by atoms with E-state index in [2.05, 4.69) is 30.0 Å². The van der Waals surface area contributed by atoms with Gasteiger partial charge >= 0.3 is 0 Å². The van der Waals surface area contributed by atoms with Gasteiger partial charge in [0.25, 0.3) is 0 Å². The van der Waals surface area contributed by atoms with Crippen molar-refractivity contribution in [3.8, 4) is 0 Å². The first kappa shape index (κ1) is 15.8. The van der Waals surface area contributed by atoms with Crippen molar-refractivity contribution in [3.63, 3.8) is 0 Å². The Balaban J connectivity index is 0.00000162. The second-order valence-corrected chi connectivity index (χ2v) is 5.61. The molecule has 1 aliphatic rings. The Morgan fingerprint density at radius 3 is 2.72 bits per heavy atom. The predicted octanol–water partition coefficient (Wildman–Crippen LogP) is 3.24. The Labute approximate surface area is 121 Å². The Morgan fingerprint density at radius 1 is 1.44 bits per heavy atom. The topological polar surface area (TPSA) is 29.3 Å².